The molecule has 0 aliphatic heterocycles. The minimum atomic E-state index is -0.528. The fourth-order valence-electron chi connectivity index (χ4n) is 1.69. The molecule has 5 heteroatoms. The van der Waals surface area contributed by atoms with Crippen molar-refractivity contribution in [3.8, 4) is 5.75 Å². The van der Waals surface area contributed by atoms with E-state index in [0.29, 0.717) is 5.75 Å². The van der Waals surface area contributed by atoms with Gasteiger partial charge in [0.1, 0.15) is 11.6 Å². The zero-order valence-electron chi connectivity index (χ0n) is 10.1. The van der Waals surface area contributed by atoms with E-state index in [-0.39, 0.29) is 21.8 Å². The van der Waals surface area contributed by atoms with Gasteiger partial charge in [0.25, 0.3) is 0 Å². The number of anilines is 1. The molecule has 3 nitrogen and oxygen atoms in total. The molecule has 0 saturated carbocycles. The normalized spacial score (nSPS) is 10.3. The standard InChI is InChI=1S/C14H11ClFNO2/c1-19-9-3-4-10(13(17)7-9)14(18)11-6-8(16)2-5-12(11)15/h2-7H,17H2,1H3. The van der Waals surface area contributed by atoms with Crippen LogP contribution in [0.3, 0.4) is 0 Å². The molecular weight excluding hydrogens is 269 g/mol. The fourth-order valence-corrected chi connectivity index (χ4v) is 1.89. The van der Waals surface area contributed by atoms with Gasteiger partial charge in [-0.25, -0.2) is 4.39 Å². The summed E-state index contributed by atoms with van der Waals surface area (Å²) in [6.45, 7) is 0. The Morgan fingerprint density at radius 2 is 1.95 bits per heavy atom. The summed E-state index contributed by atoms with van der Waals surface area (Å²) < 4.78 is 18.2. The molecule has 0 aliphatic carbocycles. The molecule has 0 spiro atoms. The Labute approximate surface area is 114 Å². The van der Waals surface area contributed by atoms with Crippen molar-refractivity contribution in [3.05, 3.63) is 58.4 Å². The molecule has 0 radical (unpaired) electrons. The second-order valence-corrected chi connectivity index (χ2v) is 4.31. The monoisotopic (exact) mass is 279 g/mol. The Morgan fingerprint density at radius 3 is 2.58 bits per heavy atom. The van der Waals surface area contributed by atoms with Gasteiger partial charge in [-0.2, -0.15) is 0 Å². The van der Waals surface area contributed by atoms with E-state index in [1.54, 1.807) is 6.07 Å². The predicted molar refractivity (Wildman–Crippen MR) is 72.2 cm³/mol. The van der Waals surface area contributed by atoms with E-state index in [9.17, 15) is 9.18 Å². The van der Waals surface area contributed by atoms with E-state index in [0.717, 1.165) is 6.07 Å². The third kappa shape index (κ3) is 2.69. The Hall–Kier alpha value is -2.07. The van der Waals surface area contributed by atoms with Crippen molar-refractivity contribution in [3.63, 3.8) is 0 Å². The number of rotatable bonds is 3. The van der Waals surface area contributed by atoms with E-state index in [1.165, 1.54) is 31.4 Å². The van der Waals surface area contributed by atoms with Crippen molar-refractivity contribution in [1.29, 1.82) is 0 Å². The number of benzene rings is 2. The number of carbonyl (C=O) groups excluding carboxylic acids is 1. The molecule has 0 unspecified atom stereocenters. The molecule has 2 aromatic carbocycles. The first-order chi connectivity index (χ1) is 9.02. The Morgan fingerprint density at radius 1 is 1.21 bits per heavy atom. The molecule has 0 saturated heterocycles. The number of nitrogens with two attached hydrogens (primary N) is 1. The third-order valence-corrected chi connectivity index (χ3v) is 3.01. The highest BCUT2D eigenvalue weighted by Crippen LogP contribution is 2.25. The number of methoxy groups -OCH3 is 1. The summed E-state index contributed by atoms with van der Waals surface area (Å²) in [5.41, 5.74) is 6.38. The SMILES string of the molecule is COc1ccc(C(=O)c2cc(F)ccc2Cl)c(N)c1. The summed E-state index contributed by atoms with van der Waals surface area (Å²) in [6.07, 6.45) is 0. The van der Waals surface area contributed by atoms with Crippen LogP contribution in [0.15, 0.2) is 36.4 Å². The van der Waals surface area contributed by atoms with Crippen molar-refractivity contribution in [1.82, 2.24) is 0 Å². The maximum Gasteiger partial charge on any atom is 0.196 e. The number of hydrogen-bond donors (Lipinski definition) is 1. The summed E-state index contributed by atoms with van der Waals surface area (Å²) in [7, 11) is 1.50. The molecule has 0 fully saturated rings. The number of ether oxygens (including phenoxy) is 1. The summed E-state index contributed by atoms with van der Waals surface area (Å²) in [5.74, 6) is -0.413. The largest absolute Gasteiger partial charge is 0.497 e. The lowest BCUT2D eigenvalue weighted by Crippen LogP contribution is -2.06. The molecular formula is C14H11ClFNO2. The fraction of sp³-hybridized carbons (Fsp3) is 0.0714. The van der Waals surface area contributed by atoms with Crippen molar-refractivity contribution >= 4 is 23.1 Å². The van der Waals surface area contributed by atoms with Crippen LogP contribution < -0.4 is 10.5 Å². The van der Waals surface area contributed by atoms with E-state index >= 15 is 0 Å². The lowest BCUT2D eigenvalue weighted by molar-refractivity contribution is 0.103. The molecule has 19 heavy (non-hydrogen) atoms. The Kier molecular flexibility index (Phi) is 3.71. The van der Waals surface area contributed by atoms with Crippen LogP contribution in [0.25, 0.3) is 0 Å². The molecule has 98 valence electrons. The smallest absolute Gasteiger partial charge is 0.196 e. The average molecular weight is 280 g/mol. The van der Waals surface area contributed by atoms with Gasteiger partial charge in [0.15, 0.2) is 5.78 Å². The molecule has 0 atom stereocenters. The minimum absolute atomic E-state index is 0.0820. The van der Waals surface area contributed by atoms with E-state index in [2.05, 4.69) is 0 Å². The topological polar surface area (TPSA) is 52.3 Å². The molecule has 0 aliphatic rings. The van der Waals surface area contributed by atoms with Crippen LogP contribution in [-0.2, 0) is 0 Å². The summed E-state index contributed by atoms with van der Waals surface area (Å²) in [5, 5.41) is 0.182. The van der Waals surface area contributed by atoms with Gasteiger partial charge in [-0.3, -0.25) is 4.79 Å². The van der Waals surface area contributed by atoms with Crippen molar-refractivity contribution in [2.75, 3.05) is 12.8 Å². The van der Waals surface area contributed by atoms with Crippen LogP contribution in [0.4, 0.5) is 10.1 Å². The van der Waals surface area contributed by atoms with Crippen LogP contribution in [0.5, 0.6) is 5.75 Å². The quantitative estimate of drug-likeness (QED) is 0.693. The first-order valence-corrected chi connectivity index (χ1v) is 5.84. The maximum atomic E-state index is 13.2. The molecule has 0 amide bonds. The lowest BCUT2D eigenvalue weighted by Gasteiger charge is -2.08. The maximum absolute atomic E-state index is 13.2. The highest BCUT2D eigenvalue weighted by molar-refractivity contribution is 6.35. The van der Waals surface area contributed by atoms with E-state index in [1.807, 2.05) is 0 Å². The van der Waals surface area contributed by atoms with Gasteiger partial charge >= 0.3 is 0 Å². The van der Waals surface area contributed by atoms with Gasteiger partial charge in [-0.15, -0.1) is 0 Å². The van der Waals surface area contributed by atoms with E-state index in [4.69, 9.17) is 22.1 Å². The Bertz CT molecular complexity index is 643. The summed E-state index contributed by atoms with van der Waals surface area (Å²) in [6, 6.07) is 8.28. The van der Waals surface area contributed by atoms with Crippen LogP contribution in [0.1, 0.15) is 15.9 Å². The summed E-state index contributed by atoms with van der Waals surface area (Å²) >= 11 is 5.90. The highest BCUT2D eigenvalue weighted by atomic mass is 35.5. The number of halogens is 2. The molecule has 0 heterocycles. The van der Waals surface area contributed by atoms with Gasteiger partial charge in [-0.1, -0.05) is 11.6 Å². The second kappa shape index (κ2) is 5.28. The van der Waals surface area contributed by atoms with Gasteiger partial charge in [0.05, 0.1) is 12.1 Å². The predicted octanol–water partition coefficient (Wildman–Crippen LogP) is 3.30. The average Bonchev–Trinajstić information content (AvgIpc) is 2.40. The van der Waals surface area contributed by atoms with Gasteiger partial charge in [0, 0.05) is 22.9 Å². The van der Waals surface area contributed by atoms with Crippen LogP contribution in [0.2, 0.25) is 5.02 Å². The number of ketones is 1. The molecule has 0 aromatic heterocycles. The number of nitrogen functional groups attached to an aromatic ring is 1. The Balaban J connectivity index is 2.47. The van der Waals surface area contributed by atoms with Gasteiger partial charge in [-0.05, 0) is 30.3 Å². The van der Waals surface area contributed by atoms with E-state index < -0.39 is 11.6 Å². The van der Waals surface area contributed by atoms with Crippen molar-refractivity contribution in [2.45, 2.75) is 0 Å². The minimum Gasteiger partial charge on any atom is -0.497 e. The van der Waals surface area contributed by atoms with Crippen LogP contribution >= 0.6 is 11.6 Å². The third-order valence-electron chi connectivity index (χ3n) is 2.68. The first kappa shape index (κ1) is 13.4. The first-order valence-electron chi connectivity index (χ1n) is 5.46. The lowest BCUT2D eigenvalue weighted by atomic mass is 10.0. The number of carbonyl (C=O) groups is 1. The number of hydrogen-bond acceptors (Lipinski definition) is 3. The highest BCUT2D eigenvalue weighted by Gasteiger charge is 2.16. The van der Waals surface area contributed by atoms with Crippen LogP contribution in [0, 0.1) is 5.82 Å². The zero-order valence-corrected chi connectivity index (χ0v) is 10.9. The van der Waals surface area contributed by atoms with Gasteiger partial charge < -0.3 is 10.5 Å². The molecule has 2 rings (SSSR count). The summed E-state index contributed by atoms with van der Waals surface area (Å²) in [4.78, 5) is 12.3. The van der Waals surface area contributed by atoms with Crippen LogP contribution in [-0.4, -0.2) is 12.9 Å². The van der Waals surface area contributed by atoms with Crippen molar-refractivity contribution in [2.24, 2.45) is 0 Å². The molecule has 2 aromatic rings. The van der Waals surface area contributed by atoms with Gasteiger partial charge in [0.2, 0.25) is 0 Å². The molecule has 2 N–H and O–H groups in total. The van der Waals surface area contributed by atoms with Crippen molar-refractivity contribution < 1.29 is 13.9 Å². The molecule has 0 bridgehead atoms. The zero-order chi connectivity index (χ0) is 14.0. The second-order valence-electron chi connectivity index (χ2n) is 3.91.